The van der Waals surface area contributed by atoms with Gasteiger partial charge in [0.1, 0.15) is 6.04 Å². The highest BCUT2D eigenvalue weighted by molar-refractivity contribution is 5.89. The van der Waals surface area contributed by atoms with Crippen LogP contribution >= 0.6 is 0 Å². The highest BCUT2D eigenvalue weighted by Crippen LogP contribution is 2.26. The van der Waals surface area contributed by atoms with Gasteiger partial charge in [-0.25, -0.2) is 0 Å². The fourth-order valence-corrected chi connectivity index (χ4v) is 5.43. The maximum Gasteiger partial charge on any atom is 0.245 e. The van der Waals surface area contributed by atoms with Crippen LogP contribution in [0.4, 0.5) is 0 Å². The number of carbonyl (C=O) groups is 2. The highest BCUT2D eigenvalue weighted by Gasteiger charge is 2.38. The number of nitrogens with zero attached hydrogens (tertiary/aromatic N) is 3. The van der Waals surface area contributed by atoms with Crippen LogP contribution in [0, 0.1) is 11.8 Å². The second-order valence-corrected chi connectivity index (χ2v) is 9.68. The molecule has 30 heavy (non-hydrogen) atoms. The number of likely N-dealkylation sites (tertiary alicyclic amines) is 3. The van der Waals surface area contributed by atoms with Crippen molar-refractivity contribution in [3.63, 3.8) is 0 Å². The van der Waals surface area contributed by atoms with Gasteiger partial charge in [-0.1, -0.05) is 37.3 Å². The minimum Gasteiger partial charge on any atom is -0.341 e. The van der Waals surface area contributed by atoms with Crippen LogP contribution in [-0.4, -0.2) is 71.8 Å². The Hall–Kier alpha value is -1.88. The Morgan fingerprint density at radius 2 is 1.67 bits per heavy atom. The van der Waals surface area contributed by atoms with Crippen molar-refractivity contribution in [2.75, 3.05) is 39.3 Å². The molecular formula is C25H37N3O2. The van der Waals surface area contributed by atoms with Crippen molar-refractivity contribution in [1.82, 2.24) is 14.7 Å². The second-order valence-electron chi connectivity index (χ2n) is 9.68. The van der Waals surface area contributed by atoms with Crippen LogP contribution in [0.1, 0.15) is 51.0 Å². The monoisotopic (exact) mass is 411 g/mol. The molecule has 5 heteroatoms. The Morgan fingerprint density at radius 1 is 0.933 bits per heavy atom. The van der Waals surface area contributed by atoms with E-state index in [1.165, 1.54) is 32.4 Å². The van der Waals surface area contributed by atoms with Crippen LogP contribution in [0.2, 0.25) is 0 Å². The number of benzene rings is 1. The summed E-state index contributed by atoms with van der Waals surface area (Å²) in [5.74, 6) is 1.71. The van der Waals surface area contributed by atoms with Gasteiger partial charge in [-0.15, -0.1) is 0 Å². The number of hydrogen-bond acceptors (Lipinski definition) is 3. The van der Waals surface area contributed by atoms with Crippen LogP contribution in [-0.2, 0) is 16.0 Å². The number of amides is 2. The molecule has 0 spiro atoms. The molecule has 3 saturated heterocycles. The average Bonchev–Trinajstić information content (AvgIpc) is 3.26. The highest BCUT2D eigenvalue weighted by atomic mass is 16.2. The summed E-state index contributed by atoms with van der Waals surface area (Å²) in [5.41, 5.74) is 1.02. The molecule has 3 heterocycles. The number of hydrogen-bond donors (Lipinski definition) is 0. The van der Waals surface area contributed by atoms with E-state index in [-0.39, 0.29) is 17.9 Å². The molecule has 0 aliphatic carbocycles. The number of piperidine rings is 2. The van der Waals surface area contributed by atoms with Crippen LogP contribution < -0.4 is 0 Å². The molecule has 2 unspecified atom stereocenters. The van der Waals surface area contributed by atoms with Crippen LogP contribution in [0.3, 0.4) is 0 Å². The number of carbonyl (C=O) groups excluding carboxylic acids is 2. The van der Waals surface area contributed by atoms with Crippen molar-refractivity contribution in [3.8, 4) is 0 Å². The minimum absolute atomic E-state index is 0.0908. The third kappa shape index (κ3) is 5.23. The van der Waals surface area contributed by atoms with E-state index in [0.29, 0.717) is 18.9 Å². The zero-order valence-corrected chi connectivity index (χ0v) is 18.5. The van der Waals surface area contributed by atoms with E-state index < -0.39 is 0 Å². The zero-order chi connectivity index (χ0) is 20.9. The lowest BCUT2D eigenvalue weighted by Crippen LogP contribution is -2.52. The normalized spacial score (nSPS) is 26.2. The van der Waals surface area contributed by atoms with Crippen molar-refractivity contribution in [3.05, 3.63) is 35.9 Å². The molecule has 0 N–H and O–H groups in total. The van der Waals surface area contributed by atoms with Crippen molar-refractivity contribution < 1.29 is 9.59 Å². The summed E-state index contributed by atoms with van der Waals surface area (Å²) in [5, 5.41) is 0. The molecule has 3 aliphatic heterocycles. The first-order chi connectivity index (χ1) is 14.6. The molecule has 2 atom stereocenters. The summed E-state index contributed by atoms with van der Waals surface area (Å²) in [6.45, 7) is 8.31. The van der Waals surface area contributed by atoms with Crippen molar-refractivity contribution in [1.29, 1.82) is 0 Å². The third-order valence-electron chi connectivity index (χ3n) is 7.28. The summed E-state index contributed by atoms with van der Waals surface area (Å²) in [4.78, 5) is 32.8. The first kappa shape index (κ1) is 21.4. The smallest absolute Gasteiger partial charge is 0.245 e. The largest absolute Gasteiger partial charge is 0.341 e. The Balaban J connectivity index is 1.32. The molecule has 3 aliphatic rings. The lowest BCUT2D eigenvalue weighted by atomic mass is 9.94. The molecule has 5 nitrogen and oxygen atoms in total. The molecule has 3 fully saturated rings. The maximum absolute atomic E-state index is 13.4. The van der Waals surface area contributed by atoms with Gasteiger partial charge >= 0.3 is 0 Å². The lowest BCUT2D eigenvalue weighted by Gasteiger charge is -2.39. The summed E-state index contributed by atoms with van der Waals surface area (Å²) in [7, 11) is 0. The minimum atomic E-state index is -0.254. The first-order valence-electron chi connectivity index (χ1n) is 11.9. The molecule has 4 rings (SSSR count). The Morgan fingerprint density at radius 3 is 2.43 bits per heavy atom. The molecule has 2 amide bonds. The van der Waals surface area contributed by atoms with Gasteiger partial charge in [0.25, 0.3) is 0 Å². The van der Waals surface area contributed by atoms with Gasteiger partial charge in [0.2, 0.25) is 11.8 Å². The summed E-state index contributed by atoms with van der Waals surface area (Å²) >= 11 is 0. The summed E-state index contributed by atoms with van der Waals surface area (Å²) in [6.07, 6.45) is 7.04. The van der Waals surface area contributed by atoms with Crippen LogP contribution in [0.25, 0.3) is 0 Å². The molecular weight excluding hydrogens is 374 g/mol. The van der Waals surface area contributed by atoms with E-state index >= 15 is 0 Å². The quantitative estimate of drug-likeness (QED) is 0.747. The van der Waals surface area contributed by atoms with E-state index in [9.17, 15) is 9.59 Å². The lowest BCUT2D eigenvalue weighted by molar-refractivity contribution is -0.144. The fourth-order valence-electron chi connectivity index (χ4n) is 5.43. The standard InChI is InChI=1S/C25H37N3O2/c1-20-11-15-26(16-12-20)18-22-9-5-13-27(19-22)25(30)23-10-6-14-28(23)24(29)17-21-7-3-2-4-8-21/h2-4,7-8,20,22-23H,5-6,9-19H2,1H3. The zero-order valence-electron chi connectivity index (χ0n) is 18.5. The Labute approximate surface area is 181 Å². The maximum atomic E-state index is 13.4. The molecule has 1 aromatic rings. The van der Waals surface area contributed by atoms with Crippen LogP contribution in [0.15, 0.2) is 30.3 Å². The van der Waals surface area contributed by atoms with Crippen molar-refractivity contribution in [2.24, 2.45) is 11.8 Å². The van der Waals surface area contributed by atoms with Gasteiger partial charge < -0.3 is 14.7 Å². The molecule has 1 aromatic carbocycles. The summed E-state index contributed by atoms with van der Waals surface area (Å²) in [6, 6.07) is 9.62. The van der Waals surface area contributed by atoms with Crippen molar-refractivity contribution in [2.45, 2.75) is 57.9 Å². The van der Waals surface area contributed by atoms with Crippen LogP contribution in [0.5, 0.6) is 0 Å². The van der Waals surface area contributed by atoms with Gasteiger partial charge in [-0.05, 0) is 69.0 Å². The van der Waals surface area contributed by atoms with Gasteiger partial charge in [0.05, 0.1) is 6.42 Å². The Kier molecular flexibility index (Phi) is 7.08. The summed E-state index contributed by atoms with van der Waals surface area (Å²) < 4.78 is 0. The molecule has 0 saturated carbocycles. The predicted octanol–water partition coefficient (Wildman–Crippen LogP) is 3.19. The van der Waals surface area contributed by atoms with E-state index in [0.717, 1.165) is 50.4 Å². The topological polar surface area (TPSA) is 43.9 Å². The second kappa shape index (κ2) is 9.95. The van der Waals surface area contributed by atoms with Gasteiger partial charge in [-0.3, -0.25) is 9.59 Å². The van der Waals surface area contributed by atoms with E-state index in [1.54, 1.807) is 0 Å². The fraction of sp³-hybridized carbons (Fsp3) is 0.680. The average molecular weight is 412 g/mol. The Bertz CT molecular complexity index is 714. The molecule has 164 valence electrons. The predicted molar refractivity (Wildman–Crippen MR) is 119 cm³/mol. The molecule has 0 radical (unpaired) electrons. The third-order valence-corrected chi connectivity index (χ3v) is 7.28. The van der Waals surface area contributed by atoms with Gasteiger partial charge in [0.15, 0.2) is 0 Å². The van der Waals surface area contributed by atoms with Gasteiger partial charge in [-0.2, -0.15) is 0 Å². The first-order valence-corrected chi connectivity index (χ1v) is 11.9. The van der Waals surface area contributed by atoms with Crippen molar-refractivity contribution >= 4 is 11.8 Å². The van der Waals surface area contributed by atoms with E-state index in [2.05, 4.69) is 16.7 Å². The molecule has 0 aromatic heterocycles. The SMILES string of the molecule is CC1CCN(CC2CCCN(C(=O)C3CCCN3C(=O)Cc3ccccc3)C2)CC1. The van der Waals surface area contributed by atoms with E-state index in [1.807, 2.05) is 35.2 Å². The van der Waals surface area contributed by atoms with E-state index in [4.69, 9.17) is 0 Å². The van der Waals surface area contributed by atoms with Gasteiger partial charge in [0, 0.05) is 26.2 Å². The molecule has 0 bridgehead atoms. The number of rotatable bonds is 5.